The lowest BCUT2D eigenvalue weighted by atomic mass is 9.88. The van der Waals surface area contributed by atoms with Crippen LogP contribution in [0.15, 0.2) is 24.3 Å². The van der Waals surface area contributed by atoms with E-state index in [4.69, 9.17) is 17.0 Å². The molecule has 0 bridgehead atoms. The SMILES string of the molecule is COCCCNC(=S)NC1CCc2ccccc2C1. The molecule has 2 N–H and O–H groups in total. The second-order valence-electron chi connectivity index (χ2n) is 4.96. The zero-order chi connectivity index (χ0) is 13.5. The van der Waals surface area contributed by atoms with E-state index in [1.165, 1.54) is 11.1 Å². The maximum atomic E-state index is 5.32. The third-order valence-corrected chi connectivity index (χ3v) is 3.76. The Morgan fingerprint density at radius 1 is 1.37 bits per heavy atom. The second kappa shape index (κ2) is 7.46. The van der Waals surface area contributed by atoms with Crippen LogP contribution in [0.3, 0.4) is 0 Å². The van der Waals surface area contributed by atoms with Crippen LogP contribution < -0.4 is 10.6 Å². The molecule has 1 aromatic carbocycles. The molecule has 3 nitrogen and oxygen atoms in total. The number of methoxy groups -OCH3 is 1. The van der Waals surface area contributed by atoms with E-state index >= 15 is 0 Å². The number of benzene rings is 1. The van der Waals surface area contributed by atoms with Crippen LogP contribution in [-0.4, -0.2) is 31.4 Å². The average molecular weight is 278 g/mol. The van der Waals surface area contributed by atoms with Gasteiger partial charge in [-0.15, -0.1) is 0 Å². The lowest BCUT2D eigenvalue weighted by Gasteiger charge is -2.26. The Labute approximate surface area is 120 Å². The number of ether oxygens (including phenoxy) is 1. The minimum absolute atomic E-state index is 0.456. The summed E-state index contributed by atoms with van der Waals surface area (Å²) in [5.74, 6) is 0. The normalized spacial score (nSPS) is 17.6. The zero-order valence-corrected chi connectivity index (χ0v) is 12.3. The first-order valence-electron chi connectivity index (χ1n) is 6.89. The summed E-state index contributed by atoms with van der Waals surface area (Å²) in [5, 5.41) is 7.41. The van der Waals surface area contributed by atoms with Crippen molar-refractivity contribution in [2.75, 3.05) is 20.3 Å². The number of hydrogen-bond acceptors (Lipinski definition) is 2. The summed E-state index contributed by atoms with van der Waals surface area (Å²) in [6.45, 7) is 1.63. The van der Waals surface area contributed by atoms with Crippen LogP contribution in [0, 0.1) is 0 Å². The lowest BCUT2D eigenvalue weighted by molar-refractivity contribution is 0.195. The Kier molecular flexibility index (Phi) is 5.61. The Hall–Kier alpha value is -1.13. The number of hydrogen-bond donors (Lipinski definition) is 2. The van der Waals surface area contributed by atoms with E-state index in [-0.39, 0.29) is 0 Å². The van der Waals surface area contributed by atoms with Crippen molar-refractivity contribution in [2.24, 2.45) is 0 Å². The summed E-state index contributed by atoms with van der Waals surface area (Å²) in [7, 11) is 1.72. The van der Waals surface area contributed by atoms with E-state index in [9.17, 15) is 0 Å². The predicted octanol–water partition coefficient (Wildman–Crippen LogP) is 2.04. The molecule has 0 heterocycles. The van der Waals surface area contributed by atoms with Gasteiger partial charge in [-0.25, -0.2) is 0 Å². The molecule has 0 fully saturated rings. The van der Waals surface area contributed by atoms with E-state index in [2.05, 4.69) is 34.9 Å². The molecule has 1 atom stereocenters. The van der Waals surface area contributed by atoms with Crippen LogP contribution in [0.2, 0.25) is 0 Å². The van der Waals surface area contributed by atoms with Gasteiger partial charge in [0, 0.05) is 26.3 Å². The van der Waals surface area contributed by atoms with Gasteiger partial charge in [0.25, 0.3) is 0 Å². The van der Waals surface area contributed by atoms with Crippen LogP contribution in [0.25, 0.3) is 0 Å². The number of aryl methyl sites for hydroxylation is 1. The van der Waals surface area contributed by atoms with Crippen molar-refractivity contribution in [3.05, 3.63) is 35.4 Å². The molecule has 19 heavy (non-hydrogen) atoms. The second-order valence-corrected chi connectivity index (χ2v) is 5.36. The summed E-state index contributed by atoms with van der Waals surface area (Å²) in [4.78, 5) is 0. The molecule has 1 unspecified atom stereocenters. The van der Waals surface area contributed by atoms with Gasteiger partial charge in [0.1, 0.15) is 0 Å². The third-order valence-electron chi connectivity index (χ3n) is 3.49. The highest BCUT2D eigenvalue weighted by Crippen LogP contribution is 2.20. The molecule has 0 saturated heterocycles. The minimum Gasteiger partial charge on any atom is -0.385 e. The number of fused-ring (bicyclic) bond motifs is 1. The van der Waals surface area contributed by atoms with Gasteiger partial charge in [0.15, 0.2) is 5.11 Å². The fraction of sp³-hybridized carbons (Fsp3) is 0.533. The molecule has 0 amide bonds. The van der Waals surface area contributed by atoms with Crippen molar-refractivity contribution in [3.8, 4) is 0 Å². The fourth-order valence-corrected chi connectivity index (χ4v) is 2.74. The topological polar surface area (TPSA) is 33.3 Å². The lowest BCUT2D eigenvalue weighted by Crippen LogP contribution is -2.44. The highest BCUT2D eigenvalue weighted by Gasteiger charge is 2.18. The molecule has 0 aromatic heterocycles. The van der Waals surface area contributed by atoms with Gasteiger partial charge in [-0.2, -0.15) is 0 Å². The van der Waals surface area contributed by atoms with Crippen molar-refractivity contribution < 1.29 is 4.74 Å². The molecule has 0 spiro atoms. The maximum absolute atomic E-state index is 5.32. The highest BCUT2D eigenvalue weighted by molar-refractivity contribution is 7.80. The van der Waals surface area contributed by atoms with Gasteiger partial charge in [-0.3, -0.25) is 0 Å². The van der Waals surface area contributed by atoms with E-state index in [1.54, 1.807) is 7.11 Å². The Morgan fingerprint density at radius 3 is 2.95 bits per heavy atom. The summed E-state index contributed by atoms with van der Waals surface area (Å²) in [6, 6.07) is 9.14. The Balaban J connectivity index is 1.74. The first kappa shape index (κ1) is 14.3. The van der Waals surface area contributed by atoms with Gasteiger partial charge < -0.3 is 15.4 Å². The van der Waals surface area contributed by atoms with Crippen molar-refractivity contribution in [1.82, 2.24) is 10.6 Å². The van der Waals surface area contributed by atoms with E-state index in [0.29, 0.717) is 6.04 Å². The van der Waals surface area contributed by atoms with Crippen LogP contribution in [0.5, 0.6) is 0 Å². The quantitative estimate of drug-likeness (QED) is 0.638. The largest absolute Gasteiger partial charge is 0.385 e. The molecule has 104 valence electrons. The summed E-state index contributed by atoms with van der Waals surface area (Å²) < 4.78 is 5.01. The van der Waals surface area contributed by atoms with Crippen LogP contribution in [-0.2, 0) is 17.6 Å². The number of nitrogens with one attached hydrogen (secondary N) is 2. The molecule has 0 saturated carbocycles. The fourth-order valence-electron chi connectivity index (χ4n) is 2.48. The van der Waals surface area contributed by atoms with Gasteiger partial charge in [0.2, 0.25) is 0 Å². The molecular weight excluding hydrogens is 256 g/mol. The van der Waals surface area contributed by atoms with E-state index in [0.717, 1.165) is 43.9 Å². The molecule has 0 radical (unpaired) electrons. The summed E-state index contributed by atoms with van der Waals surface area (Å²) >= 11 is 5.32. The number of rotatable bonds is 5. The Bertz CT molecular complexity index is 422. The highest BCUT2D eigenvalue weighted by atomic mass is 32.1. The predicted molar refractivity (Wildman–Crippen MR) is 82.5 cm³/mol. The van der Waals surface area contributed by atoms with Gasteiger partial charge in [0.05, 0.1) is 0 Å². The van der Waals surface area contributed by atoms with Crippen molar-refractivity contribution >= 4 is 17.3 Å². The number of thiocarbonyl (C=S) groups is 1. The van der Waals surface area contributed by atoms with Crippen LogP contribution in [0.1, 0.15) is 24.0 Å². The standard InChI is InChI=1S/C15H22N2OS/c1-18-10-4-9-16-15(19)17-14-8-7-12-5-2-3-6-13(12)11-14/h2-3,5-6,14H,4,7-11H2,1H3,(H2,16,17,19). The van der Waals surface area contributed by atoms with Crippen LogP contribution in [0.4, 0.5) is 0 Å². The van der Waals surface area contributed by atoms with Gasteiger partial charge in [-0.1, -0.05) is 24.3 Å². The zero-order valence-electron chi connectivity index (χ0n) is 11.4. The molecule has 0 aliphatic heterocycles. The molecule has 2 rings (SSSR count). The van der Waals surface area contributed by atoms with Crippen molar-refractivity contribution in [3.63, 3.8) is 0 Å². The maximum Gasteiger partial charge on any atom is 0.166 e. The first-order valence-corrected chi connectivity index (χ1v) is 7.30. The Morgan fingerprint density at radius 2 is 2.16 bits per heavy atom. The molecular formula is C15H22N2OS. The van der Waals surface area contributed by atoms with Crippen molar-refractivity contribution in [2.45, 2.75) is 31.7 Å². The average Bonchev–Trinajstić information content (AvgIpc) is 2.43. The van der Waals surface area contributed by atoms with E-state index in [1.807, 2.05) is 0 Å². The first-order chi connectivity index (χ1) is 9.29. The molecule has 4 heteroatoms. The smallest absolute Gasteiger partial charge is 0.166 e. The minimum atomic E-state index is 0.456. The van der Waals surface area contributed by atoms with E-state index < -0.39 is 0 Å². The molecule has 1 aliphatic carbocycles. The van der Waals surface area contributed by atoms with Gasteiger partial charge in [-0.05, 0) is 49.0 Å². The van der Waals surface area contributed by atoms with Gasteiger partial charge >= 0.3 is 0 Å². The van der Waals surface area contributed by atoms with Crippen LogP contribution >= 0.6 is 12.2 Å². The summed E-state index contributed by atoms with van der Waals surface area (Å²) in [6.07, 6.45) is 4.33. The molecule has 1 aliphatic rings. The van der Waals surface area contributed by atoms with Crippen molar-refractivity contribution in [1.29, 1.82) is 0 Å². The third kappa shape index (κ3) is 4.48. The monoisotopic (exact) mass is 278 g/mol. The summed E-state index contributed by atoms with van der Waals surface area (Å²) in [5.41, 5.74) is 2.94. The molecule has 1 aromatic rings.